The Bertz CT molecular complexity index is 107. The van der Waals surface area contributed by atoms with Crippen molar-refractivity contribution in [2.45, 2.75) is 71.0 Å². The highest BCUT2D eigenvalue weighted by molar-refractivity contribution is 6.74. The van der Waals surface area contributed by atoms with Crippen molar-refractivity contribution < 1.29 is 0 Å². The van der Waals surface area contributed by atoms with Crippen molar-refractivity contribution in [1.29, 1.82) is 0 Å². The molecule has 0 fully saturated rings. The van der Waals surface area contributed by atoms with Gasteiger partial charge in [-0.2, -0.15) is 0 Å². The monoisotopic (exact) mass is 201 g/mol. The van der Waals surface area contributed by atoms with E-state index in [2.05, 4.69) is 20.0 Å². The summed E-state index contributed by atoms with van der Waals surface area (Å²) in [6, 6.07) is 1.31. The molecule has 0 aromatic carbocycles. The van der Waals surface area contributed by atoms with Crippen LogP contribution in [0.25, 0.3) is 0 Å². The average Bonchev–Trinajstić information content (AvgIpc) is 2.01. The van der Waals surface area contributed by atoms with Gasteiger partial charge in [0.2, 0.25) is 0 Å². The van der Waals surface area contributed by atoms with Gasteiger partial charge in [-0.25, -0.2) is 0 Å². The third-order valence-corrected chi connectivity index (χ3v) is 4.07. The Balaban J connectivity index is 3.00. The van der Waals surface area contributed by atoms with Gasteiger partial charge in [0.25, 0.3) is 0 Å². The summed E-state index contributed by atoms with van der Waals surface area (Å²) in [5.41, 5.74) is 0. The van der Waals surface area contributed by atoms with Crippen molar-refractivity contribution in [2.75, 3.05) is 0 Å². The fourth-order valence-corrected chi connectivity index (χ4v) is 2.70. The Morgan fingerprint density at radius 1 is 0.846 bits per heavy atom. The number of unbranched alkanes of at least 4 members (excludes halogenated alkanes) is 6. The summed E-state index contributed by atoms with van der Waals surface area (Å²) in [7, 11) is -1.23. The molecule has 13 heavy (non-hydrogen) atoms. The maximum Gasteiger partial charge on any atom is 0.116 e. The van der Waals surface area contributed by atoms with Gasteiger partial charge >= 0.3 is 0 Å². The second-order valence-electron chi connectivity index (χ2n) is 4.86. The maximum absolute atomic E-state index is 6.04. The van der Waals surface area contributed by atoms with Crippen LogP contribution in [-0.4, -0.2) is 8.24 Å². The van der Waals surface area contributed by atoms with Crippen molar-refractivity contribution in [3.05, 3.63) is 0 Å². The Kier molecular flexibility index (Phi) is 7.67. The first-order chi connectivity index (χ1) is 6.06. The molecule has 2 heteroatoms. The summed E-state index contributed by atoms with van der Waals surface area (Å²) in [5.74, 6) is 0. The molecular weight excluding hydrogens is 174 g/mol. The molecule has 0 heterocycles. The molecule has 0 saturated heterocycles. The highest BCUT2D eigenvalue weighted by Crippen LogP contribution is 2.12. The molecule has 0 bridgehead atoms. The predicted octanol–water partition coefficient (Wildman–Crippen LogP) is 3.90. The normalized spacial score (nSPS) is 12.0. The zero-order valence-corrected chi connectivity index (χ0v) is 10.7. The molecule has 80 valence electrons. The SMILES string of the molecule is CCCCCCCCC[Si](C)(C)N. The van der Waals surface area contributed by atoms with Gasteiger partial charge in [0.05, 0.1) is 0 Å². The molecule has 0 aliphatic carbocycles. The first kappa shape index (κ1) is 13.2. The molecule has 0 aliphatic heterocycles. The van der Waals surface area contributed by atoms with Crippen LogP contribution in [0.15, 0.2) is 0 Å². The topological polar surface area (TPSA) is 26.0 Å². The van der Waals surface area contributed by atoms with Crippen molar-refractivity contribution in [2.24, 2.45) is 5.40 Å². The Morgan fingerprint density at radius 2 is 1.31 bits per heavy atom. The van der Waals surface area contributed by atoms with Crippen molar-refractivity contribution in [1.82, 2.24) is 0 Å². The third kappa shape index (κ3) is 12.2. The lowest BCUT2D eigenvalue weighted by atomic mass is 10.1. The summed E-state index contributed by atoms with van der Waals surface area (Å²) in [5, 5.41) is 6.04. The van der Waals surface area contributed by atoms with E-state index in [1.165, 1.54) is 51.0 Å². The van der Waals surface area contributed by atoms with Crippen molar-refractivity contribution >= 4 is 8.24 Å². The molecule has 0 atom stereocenters. The molecular formula is C11H27NSi. The van der Waals surface area contributed by atoms with E-state index >= 15 is 0 Å². The molecule has 0 aromatic rings. The van der Waals surface area contributed by atoms with E-state index < -0.39 is 8.24 Å². The van der Waals surface area contributed by atoms with Crippen LogP contribution in [0.3, 0.4) is 0 Å². The van der Waals surface area contributed by atoms with E-state index in [1.807, 2.05) is 0 Å². The minimum Gasteiger partial charge on any atom is -0.351 e. The molecule has 1 nitrogen and oxygen atoms in total. The minimum atomic E-state index is -1.23. The molecule has 0 aliphatic rings. The fraction of sp³-hybridized carbons (Fsp3) is 1.00. The van der Waals surface area contributed by atoms with Crippen LogP contribution in [0.1, 0.15) is 51.9 Å². The van der Waals surface area contributed by atoms with E-state index in [1.54, 1.807) is 0 Å². The average molecular weight is 201 g/mol. The molecule has 0 saturated carbocycles. The predicted molar refractivity (Wildman–Crippen MR) is 64.5 cm³/mol. The Labute approximate surface area is 85.2 Å². The molecule has 0 radical (unpaired) electrons. The second kappa shape index (κ2) is 7.57. The Morgan fingerprint density at radius 3 is 1.77 bits per heavy atom. The highest BCUT2D eigenvalue weighted by atomic mass is 28.3. The van der Waals surface area contributed by atoms with Crippen LogP contribution in [0.5, 0.6) is 0 Å². The van der Waals surface area contributed by atoms with Gasteiger partial charge in [0.1, 0.15) is 8.24 Å². The van der Waals surface area contributed by atoms with Crippen LogP contribution < -0.4 is 5.40 Å². The third-order valence-electron chi connectivity index (χ3n) is 2.42. The van der Waals surface area contributed by atoms with Gasteiger partial charge in [-0.15, -0.1) is 0 Å². The minimum absolute atomic E-state index is 1.23. The molecule has 0 unspecified atom stereocenters. The van der Waals surface area contributed by atoms with Gasteiger partial charge < -0.3 is 5.40 Å². The molecule has 0 rings (SSSR count). The van der Waals surface area contributed by atoms with Crippen LogP contribution in [0.2, 0.25) is 19.1 Å². The van der Waals surface area contributed by atoms with E-state index in [9.17, 15) is 0 Å². The van der Waals surface area contributed by atoms with Gasteiger partial charge in [0, 0.05) is 0 Å². The first-order valence-corrected chi connectivity index (χ1v) is 9.13. The fourth-order valence-electron chi connectivity index (χ4n) is 1.54. The van der Waals surface area contributed by atoms with Crippen LogP contribution in [0, 0.1) is 0 Å². The number of nitrogens with two attached hydrogens (primary N) is 1. The van der Waals surface area contributed by atoms with E-state index in [-0.39, 0.29) is 0 Å². The van der Waals surface area contributed by atoms with Gasteiger partial charge in [0.15, 0.2) is 0 Å². The van der Waals surface area contributed by atoms with Gasteiger partial charge in [-0.1, -0.05) is 65.0 Å². The summed E-state index contributed by atoms with van der Waals surface area (Å²) in [6.07, 6.45) is 9.81. The Hall–Kier alpha value is 0.177. The zero-order valence-electron chi connectivity index (χ0n) is 9.73. The largest absolute Gasteiger partial charge is 0.351 e. The number of hydrogen-bond acceptors (Lipinski definition) is 1. The zero-order chi connectivity index (χ0) is 10.2. The van der Waals surface area contributed by atoms with Crippen molar-refractivity contribution in [3.8, 4) is 0 Å². The summed E-state index contributed by atoms with van der Waals surface area (Å²) < 4.78 is 0. The molecule has 0 amide bonds. The lowest BCUT2D eigenvalue weighted by Gasteiger charge is -2.14. The smallest absolute Gasteiger partial charge is 0.116 e. The molecule has 0 aromatic heterocycles. The molecule has 0 spiro atoms. The van der Waals surface area contributed by atoms with Crippen LogP contribution >= 0.6 is 0 Å². The lowest BCUT2D eigenvalue weighted by molar-refractivity contribution is 0.600. The quantitative estimate of drug-likeness (QED) is 0.468. The summed E-state index contributed by atoms with van der Waals surface area (Å²) in [4.78, 5) is 0. The summed E-state index contributed by atoms with van der Waals surface area (Å²) in [6.45, 7) is 6.77. The van der Waals surface area contributed by atoms with E-state index in [4.69, 9.17) is 5.40 Å². The highest BCUT2D eigenvalue weighted by Gasteiger charge is 2.12. The summed E-state index contributed by atoms with van der Waals surface area (Å²) >= 11 is 0. The van der Waals surface area contributed by atoms with Crippen molar-refractivity contribution in [3.63, 3.8) is 0 Å². The molecule has 2 N–H and O–H groups in total. The number of rotatable bonds is 8. The van der Waals surface area contributed by atoms with Gasteiger partial charge in [-0.05, 0) is 6.04 Å². The first-order valence-electron chi connectivity index (χ1n) is 5.85. The lowest BCUT2D eigenvalue weighted by Crippen LogP contribution is -2.37. The maximum atomic E-state index is 6.04. The van der Waals surface area contributed by atoms with E-state index in [0.29, 0.717) is 0 Å². The standard InChI is InChI=1S/C11H27NSi/c1-4-5-6-7-8-9-10-11-13(2,3)12/h4-12H2,1-3H3. The second-order valence-corrected chi connectivity index (χ2v) is 9.34. The van der Waals surface area contributed by atoms with Gasteiger partial charge in [-0.3, -0.25) is 0 Å². The van der Waals surface area contributed by atoms with E-state index in [0.717, 1.165) is 0 Å². The number of hydrogen-bond donors (Lipinski definition) is 1. The van der Waals surface area contributed by atoms with Crippen LogP contribution in [-0.2, 0) is 0 Å². The van der Waals surface area contributed by atoms with Crippen LogP contribution in [0.4, 0.5) is 0 Å².